The molecule has 138 valence electrons. The lowest BCUT2D eigenvalue weighted by Gasteiger charge is -2.64. The Morgan fingerprint density at radius 3 is 2.88 bits per heavy atom. The molecule has 0 spiro atoms. The summed E-state index contributed by atoms with van der Waals surface area (Å²) in [4.78, 5) is 0. The fourth-order valence-corrected chi connectivity index (χ4v) is 5.98. The summed E-state index contributed by atoms with van der Waals surface area (Å²) in [6.45, 7) is 6.95. The van der Waals surface area contributed by atoms with E-state index in [4.69, 9.17) is 31.1 Å². The van der Waals surface area contributed by atoms with Crippen molar-refractivity contribution in [2.45, 2.75) is 57.7 Å². The predicted molar refractivity (Wildman–Crippen MR) is 103 cm³/mol. The summed E-state index contributed by atoms with van der Waals surface area (Å²) in [5, 5.41) is 1.63. The van der Waals surface area contributed by atoms with Gasteiger partial charge in [-0.1, -0.05) is 31.5 Å². The molecule has 4 fully saturated rings. The first kappa shape index (κ1) is 17.1. The van der Waals surface area contributed by atoms with Crippen molar-refractivity contribution in [3.8, 4) is 0 Å². The lowest BCUT2D eigenvalue weighted by molar-refractivity contribution is -0.199. The Morgan fingerprint density at radius 1 is 1.31 bits per heavy atom. The largest absolute Gasteiger partial charge is 0.475 e. The number of furan rings is 1. The van der Waals surface area contributed by atoms with Gasteiger partial charge in [0.2, 0.25) is 0 Å². The van der Waals surface area contributed by atoms with Crippen molar-refractivity contribution in [3.63, 3.8) is 0 Å². The van der Waals surface area contributed by atoms with E-state index in [0.717, 1.165) is 28.9 Å². The monoisotopic (exact) mass is 373 g/mol. The molecule has 2 aromatic rings. The maximum Gasteiger partial charge on any atom is 0.475 e. The fraction of sp³-hybridized carbons (Fsp3) is 0.600. The predicted octanol–water partition coefficient (Wildman–Crippen LogP) is 4.22. The van der Waals surface area contributed by atoms with Gasteiger partial charge in [0.1, 0.15) is 5.58 Å². The van der Waals surface area contributed by atoms with Crippen LogP contribution in [-0.4, -0.2) is 24.8 Å². The minimum Gasteiger partial charge on any atom is -0.464 e. The van der Waals surface area contributed by atoms with Crippen molar-refractivity contribution in [3.05, 3.63) is 35.0 Å². The van der Waals surface area contributed by atoms with Crippen LogP contribution in [0.15, 0.2) is 28.9 Å². The highest BCUT2D eigenvalue weighted by atomic mass is 35.5. The summed E-state index contributed by atoms with van der Waals surface area (Å²) >= 11 is 6.36. The van der Waals surface area contributed by atoms with Crippen molar-refractivity contribution >= 4 is 29.7 Å². The van der Waals surface area contributed by atoms with Crippen LogP contribution in [0.2, 0.25) is 5.02 Å². The maximum atomic E-state index is 6.52. The average molecular weight is 374 g/mol. The fourth-order valence-electron chi connectivity index (χ4n) is 5.69. The molecule has 4 nitrogen and oxygen atoms in total. The highest BCUT2D eigenvalue weighted by Gasteiger charge is 2.68. The highest BCUT2D eigenvalue weighted by Crippen LogP contribution is 2.65. The van der Waals surface area contributed by atoms with Crippen molar-refractivity contribution < 1.29 is 13.7 Å². The SMILES string of the molecule is CC1(C)[C@@H]2C[C@H]3OB([C@@H](N)Cc4coc5cccc(Cl)c45)O[C@@]3(C)[C@H]1C2. The number of halogens is 1. The number of hydrogen-bond acceptors (Lipinski definition) is 4. The molecule has 2 heterocycles. The molecule has 1 aromatic heterocycles. The number of fused-ring (bicyclic) bond motifs is 1. The van der Waals surface area contributed by atoms with Crippen LogP contribution < -0.4 is 5.73 Å². The van der Waals surface area contributed by atoms with E-state index < -0.39 is 0 Å². The molecule has 26 heavy (non-hydrogen) atoms. The summed E-state index contributed by atoms with van der Waals surface area (Å²) in [6, 6.07) is 5.69. The first-order valence-corrected chi connectivity index (χ1v) is 9.92. The molecule has 0 amide bonds. The third-order valence-corrected chi connectivity index (χ3v) is 7.71. The zero-order valence-electron chi connectivity index (χ0n) is 15.5. The van der Waals surface area contributed by atoms with Crippen LogP contribution in [0.25, 0.3) is 11.0 Å². The van der Waals surface area contributed by atoms with Crippen molar-refractivity contribution in [1.82, 2.24) is 0 Å². The first-order valence-electron chi connectivity index (χ1n) is 9.54. The van der Waals surface area contributed by atoms with Crippen LogP contribution in [-0.2, 0) is 15.7 Å². The van der Waals surface area contributed by atoms with Gasteiger partial charge in [-0.25, -0.2) is 0 Å². The maximum absolute atomic E-state index is 6.52. The molecule has 0 unspecified atom stereocenters. The molecule has 1 saturated heterocycles. The van der Waals surface area contributed by atoms with Crippen molar-refractivity contribution in [2.75, 3.05) is 0 Å². The van der Waals surface area contributed by atoms with E-state index in [-0.39, 0.29) is 24.8 Å². The molecule has 0 radical (unpaired) electrons. The van der Waals surface area contributed by atoms with Crippen molar-refractivity contribution in [2.24, 2.45) is 23.0 Å². The summed E-state index contributed by atoms with van der Waals surface area (Å²) in [5.74, 6) is 1.02. The number of benzene rings is 1. The minimum absolute atomic E-state index is 0.153. The van der Waals surface area contributed by atoms with Gasteiger partial charge in [0.05, 0.1) is 23.0 Å². The van der Waals surface area contributed by atoms with E-state index in [1.165, 1.54) is 6.42 Å². The van der Waals surface area contributed by atoms with Gasteiger partial charge in [-0.2, -0.15) is 0 Å². The van der Waals surface area contributed by atoms with Gasteiger partial charge in [0.15, 0.2) is 0 Å². The van der Waals surface area contributed by atoms with E-state index in [1.807, 2.05) is 18.2 Å². The number of nitrogens with two attached hydrogens (primary N) is 1. The standard InChI is InChI=1S/C20H25BClNO3/c1-19(2)12-8-15(19)20(3)16(9-12)25-21(26-20)17(23)7-11-10-24-14-6-4-5-13(22)18(11)14/h4-6,10,12,15-17H,7-9,23H2,1-3H3/t12-,15-,16+,17-,20-/m0/s1. The lowest BCUT2D eigenvalue weighted by atomic mass is 9.43. The molecule has 2 bridgehead atoms. The van der Waals surface area contributed by atoms with Crippen LogP contribution in [0.1, 0.15) is 39.2 Å². The van der Waals surface area contributed by atoms with E-state index in [1.54, 1.807) is 6.26 Å². The van der Waals surface area contributed by atoms with Gasteiger partial charge < -0.3 is 19.5 Å². The summed E-state index contributed by atoms with van der Waals surface area (Å²) in [7, 11) is -0.382. The van der Waals surface area contributed by atoms with Gasteiger partial charge in [-0.05, 0) is 55.6 Å². The van der Waals surface area contributed by atoms with Gasteiger partial charge >= 0.3 is 7.12 Å². The van der Waals surface area contributed by atoms with Crippen LogP contribution in [0.5, 0.6) is 0 Å². The second kappa shape index (κ2) is 5.51. The second-order valence-corrected chi connectivity index (χ2v) is 9.49. The van der Waals surface area contributed by atoms with Gasteiger partial charge in [0, 0.05) is 16.9 Å². The molecule has 5 atom stereocenters. The Kier molecular flexibility index (Phi) is 3.63. The van der Waals surface area contributed by atoms with E-state index >= 15 is 0 Å². The molecule has 3 aliphatic carbocycles. The molecule has 6 heteroatoms. The van der Waals surface area contributed by atoms with Gasteiger partial charge in [-0.15, -0.1) is 0 Å². The highest BCUT2D eigenvalue weighted by molar-refractivity contribution is 6.47. The molecule has 2 N–H and O–H groups in total. The summed E-state index contributed by atoms with van der Waals surface area (Å²) in [6.07, 6.45) is 4.83. The molecule has 1 aromatic carbocycles. The number of hydrogen-bond donors (Lipinski definition) is 1. The third-order valence-electron chi connectivity index (χ3n) is 7.40. The van der Waals surface area contributed by atoms with Crippen LogP contribution in [0.3, 0.4) is 0 Å². The minimum atomic E-state index is -0.382. The molecule has 4 aliphatic rings. The second-order valence-electron chi connectivity index (χ2n) is 9.08. The van der Waals surface area contributed by atoms with Gasteiger partial charge in [0.25, 0.3) is 0 Å². The zero-order valence-corrected chi connectivity index (χ0v) is 16.3. The van der Waals surface area contributed by atoms with Crippen LogP contribution in [0, 0.1) is 17.3 Å². The molecular weight excluding hydrogens is 348 g/mol. The van der Waals surface area contributed by atoms with Crippen molar-refractivity contribution in [1.29, 1.82) is 0 Å². The third kappa shape index (κ3) is 2.21. The van der Waals surface area contributed by atoms with E-state index in [0.29, 0.717) is 22.8 Å². The Hall–Kier alpha value is -1.01. The van der Waals surface area contributed by atoms with E-state index in [2.05, 4.69) is 20.8 Å². The zero-order chi connectivity index (χ0) is 18.3. The quantitative estimate of drug-likeness (QED) is 0.818. The first-order chi connectivity index (χ1) is 12.3. The van der Waals surface area contributed by atoms with Gasteiger partial charge in [-0.3, -0.25) is 0 Å². The average Bonchev–Trinajstić information content (AvgIpc) is 3.15. The Morgan fingerprint density at radius 2 is 2.12 bits per heavy atom. The summed E-state index contributed by atoms with van der Waals surface area (Å²) < 4.78 is 18.4. The van der Waals surface area contributed by atoms with E-state index in [9.17, 15) is 0 Å². The topological polar surface area (TPSA) is 57.6 Å². The molecule has 6 rings (SSSR count). The Bertz CT molecular complexity index is 868. The Labute approximate surface area is 159 Å². The normalized spacial score (nSPS) is 36.0. The smallest absolute Gasteiger partial charge is 0.464 e. The van der Waals surface area contributed by atoms with Crippen LogP contribution >= 0.6 is 11.6 Å². The number of rotatable bonds is 3. The summed E-state index contributed by atoms with van der Waals surface area (Å²) in [5.41, 5.74) is 8.42. The molecule has 3 saturated carbocycles. The molecule has 1 aliphatic heterocycles. The molecular formula is C20H25BClNO3. The Balaban J connectivity index is 1.37. The van der Waals surface area contributed by atoms with Crippen LogP contribution in [0.4, 0.5) is 0 Å². The lowest BCUT2D eigenvalue weighted by Crippen LogP contribution is -2.65.